The maximum Gasteiger partial charge on any atom is 0.322 e. The van der Waals surface area contributed by atoms with Crippen LogP contribution in [0.25, 0.3) is 10.9 Å². The summed E-state index contributed by atoms with van der Waals surface area (Å²) in [4.78, 5) is 26.3. The standard InChI is InChI=1S/C19H21N5O2/c1-26-18-16(11-20-12-21-18)23-19(25)24-9-5-4-8-17(24)15-10-13-6-2-3-7-14(13)22-15/h2-3,6-7,10-12,17,22H,4-5,8-9H2,1H3,(H,23,25)/t17-/m0/s1. The second-order valence-electron chi connectivity index (χ2n) is 6.39. The molecule has 7 nitrogen and oxygen atoms in total. The highest BCUT2D eigenvalue weighted by Gasteiger charge is 2.29. The molecule has 1 aromatic carbocycles. The van der Waals surface area contributed by atoms with Gasteiger partial charge in [0.2, 0.25) is 5.88 Å². The smallest absolute Gasteiger partial charge is 0.322 e. The Morgan fingerprint density at radius 3 is 3.08 bits per heavy atom. The number of aromatic amines is 1. The largest absolute Gasteiger partial charge is 0.479 e. The van der Waals surface area contributed by atoms with E-state index in [-0.39, 0.29) is 12.1 Å². The summed E-state index contributed by atoms with van der Waals surface area (Å²) >= 11 is 0. The van der Waals surface area contributed by atoms with Gasteiger partial charge in [0.05, 0.1) is 19.3 Å². The number of piperidine rings is 1. The molecule has 3 aromatic rings. The van der Waals surface area contributed by atoms with Gasteiger partial charge in [0.15, 0.2) is 0 Å². The molecule has 0 spiro atoms. The Kier molecular flexibility index (Phi) is 4.43. The summed E-state index contributed by atoms with van der Waals surface area (Å²) < 4.78 is 5.19. The Hall–Kier alpha value is -3.09. The van der Waals surface area contributed by atoms with Gasteiger partial charge >= 0.3 is 6.03 Å². The van der Waals surface area contributed by atoms with Gasteiger partial charge in [0.1, 0.15) is 12.0 Å². The summed E-state index contributed by atoms with van der Waals surface area (Å²) in [5, 5.41) is 4.05. The van der Waals surface area contributed by atoms with E-state index in [1.807, 2.05) is 17.0 Å². The molecule has 0 saturated carbocycles. The molecule has 1 saturated heterocycles. The van der Waals surface area contributed by atoms with Gasteiger partial charge in [-0.1, -0.05) is 18.2 Å². The van der Waals surface area contributed by atoms with E-state index < -0.39 is 0 Å². The third kappa shape index (κ3) is 3.08. The lowest BCUT2D eigenvalue weighted by Gasteiger charge is -2.35. The maximum atomic E-state index is 12.9. The van der Waals surface area contributed by atoms with Crippen LogP contribution in [0.1, 0.15) is 31.0 Å². The fourth-order valence-electron chi connectivity index (χ4n) is 3.53. The van der Waals surface area contributed by atoms with Crippen LogP contribution < -0.4 is 10.1 Å². The van der Waals surface area contributed by atoms with E-state index >= 15 is 0 Å². The number of para-hydroxylation sites is 1. The molecular formula is C19H21N5O2. The lowest BCUT2D eigenvalue weighted by molar-refractivity contribution is 0.162. The molecule has 2 amide bonds. The summed E-state index contributed by atoms with van der Waals surface area (Å²) in [6.45, 7) is 0.710. The fourth-order valence-corrected chi connectivity index (χ4v) is 3.53. The number of hydrogen-bond acceptors (Lipinski definition) is 4. The van der Waals surface area contributed by atoms with E-state index in [0.29, 0.717) is 18.1 Å². The van der Waals surface area contributed by atoms with Gasteiger partial charge in [-0.05, 0) is 36.8 Å². The van der Waals surface area contributed by atoms with Crippen molar-refractivity contribution in [2.45, 2.75) is 25.3 Å². The minimum absolute atomic E-state index is 0.0202. The lowest BCUT2D eigenvalue weighted by atomic mass is 9.99. The van der Waals surface area contributed by atoms with Crippen LogP contribution in [-0.4, -0.2) is 39.5 Å². The molecule has 1 atom stereocenters. The number of rotatable bonds is 3. The first-order valence-electron chi connectivity index (χ1n) is 8.75. The highest BCUT2D eigenvalue weighted by molar-refractivity contribution is 5.91. The van der Waals surface area contributed by atoms with Crippen LogP contribution in [0.15, 0.2) is 42.9 Å². The molecule has 3 heterocycles. The number of benzene rings is 1. The number of aromatic nitrogens is 3. The molecule has 2 aromatic heterocycles. The van der Waals surface area contributed by atoms with Gasteiger partial charge in [-0.15, -0.1) is 0 Å². The lowest BCUT2D eigenvalue weighted by Crippen LogP contribution is -2.41. The number of amides is 2. The Morgan fingerprint density at radius 2 is 2.23 bits per heavy atom. The van der Waals surface area contributed by atoms with Gasteiger partial charge in [-0.2, -0.15) is 4.98 Å². The van der Waals surface area contributed by atoms with Crippen LogP contribution in [0, 0.1) is 0 Å². The van der Waals surface area contributed by atoms with Gasteiger partial charge in [0.25, 0.3) is 0 Å². The minimum atomic E-state index is -0.165. The summed E-state index contributed by atoms with van der Waals surface area (Å²) in [5.74, 6) is 0.354. The first kappa shape index (κ1) is 16.4. The molecule has 26 heavy (non-hydrogen) atoms. The Morgan fingerprint density at radius 1 is 1.35 bits per heavy atom. The molecule has 0 radical (unpaired) electrons. The summed E-state index contributed by atoms with van der Waals surface area (Å²) in [6, 6.07) is 10.2. The molecule has 1 aliphatic rings. The zero-order chi connectivity index (χ0) is 17.9. The monoisotopic (exact) mass is 351 g/mol. The van der Waals surface area contributed by atoms with Crippen molar-refractivity contribution in [1.82, 2.24) is 19.9 Å². The van der Waals surface area contributed by atoms with Gasteiger partial charge in [-0.25, -0.2) is 9.78 Å². The second-order valence-corrected chi connectivity index (χ2v) is 6.39. The summed E-state index contributed by atoms with van der Waals surface area (Å²) in [6.07, 6.45) is 5.96. The van der Waals surface area contributed by atoms with Crippen LogP contribution in [0.3, 0.4) is 0 Å². The van der Waals surface area contributed by atoms with Crippen molar-refractivity contribution in [3.05, 3.63) is 48.5 Å². The quantitative estimate of drug-likeness (QED) is 0.753. The molecule has 1 fully saturated rings. The average Bonchev–Trinajstić information content (AvgIpc) is 3.12. The minimum Gasteiger partial charge on any atom is -0.479 e. The number of methoxy groups -OCH3 is 1. The van der Waals surface area contributed by atoms with Gasteiger partial charge in [-0.3, -0.25) is 0 Å². The van der Waals surface area contributed by atoms with Crippen LogP contribution in [0.2, 0.25) is 0 Å². The molecule has 2 N–H and O–H groups in total. The Balaban J connectivity index is 1.59. The van der Waals surface area contributed by atoms with Crippen LogP contribution in [0.4, 0.5) is 10.5 Å². The molecule has 4 rings (SSSR count). The molecule has 0 aliphatic carbocycles. The van der Waals surface area contributed by atoms with Gasteiger partial charge in [0, 0.05) is 17.8 Å². The molecular weight excluding hydrogens is 330 g/mol. The normalized spacial score (nSPS) is 17.3. The number of H-pyrrole nitrogens is 1. The number of nitrogens with one attached hydrogen (secondary N) is 2. The first-order chi connectivity index (χ1) is 12.8. The molecule has 1 aliphatic heterocycles. The number of carbonyl (C=O) groups excluding carboxylic acids is 1. The van der Waals surface area contributed by atoms with E-state index in [4.69, 9.17) is 4.74 Å². The topological polar surface area (TPSA) is 83.1 Å². The first-order valence-corrected chi connectivity index (χ1v) is 8.75. The molecule has 0 bridgehead atoms. The zero-order valence-electron chi connectivity index (χ0n) is 14.6. The van der Waals surface area contributed by atoms with Crippen molar-refractivity contribution < 1.29 is 9.53 Å². The molecule has 7 heteroatoms. The van der Waals surface area contributed by atoms with Crippen LogP contribution in [-0.2, 0) is 0 Å². The number of nitrogens with zero attached hydrogens (tertiary/aromatic N) is 3. The van der Waals surface area contributed by atoms with Crippen LogP contribution >= 0.6 is 0 Å². The zero-order valence-corrected chi connectivity index (χ0v) is 14.6. The van der Waals surface area contributed by atoms with Crippen molar-refractivity contribution in [3.63, 3.8) is 0 Å². The maximum absolute atomic E-state index is 12.9. The molecule has 0 unspecified atom stereocenters. The number of carbonyl (C=O) groups is 1. The van der Waals surface area contributed by atoms with Crippen molar-refractivity contribution in [2.24, 2.45) is 0 Å². The average molecular weight is 351 g/mol. The van der Waals surface area contributed by atoms with E-state index in [9.17, 15) is 4.79 Å². The number of urea groups is 1. The summed E-state index contributed by atoms with van der Waals surface area (Å²) in [7, 11) is 1.52. The fraction of sp³-hybridized carbons (Fsp3) is 0.316. The Labute approximate surface area is 151 Å². The van der Waals surface area contributed by atoms with Crippen molar-refractivity contribution in [1.29, 1.82) is 0 Å². The third-order valence-electron chi connectivity index (χ3n) is 4.78. The predicted octanol–water partition coefficient (Wildman–Crippen LogP) is 3.73. The van der Waals surface area contributed by atoms with E-state index in [1.54, 1.807) is 6.20 Å². The SMILES string of the molecule is COc1ncncc1NC(=O)N1CCCC[C@H]1c1cc2ccccc2[nH]1. The Bertz CT molecular complexity index is 890. The second kappa shape index (κ2) is 7.03. The summed E-state index contributed by atoms with van der Waals surface area (Å²) in [5.41, 5.74) is 2.63. The van der Waals surface area contributed by atoms with E-state index in [1.165, 1.54) is 13.4 Å². The van der Waals surface area contributed by atoms with E-state index in [0.717, 1.165) is 35.9 Å². The van der Waals surface area contributed by atoms with Crippen molar-refractivity contribution >= 4 is 22.6 Å². The number of likely N-dealkylation sites (tertiary alicyclic amines) is 1. The number of hydrogen-bond donors (Lipinski definition) is 2. The van der Waals surface area contributed by atoms with Crippen molar-refractivity contribution in [3.8, 4) is 5.88 Å². The predicted molar refractivity (Wildman–Crippen MR) is 99.2 cm³/mol. The number of anilines is 1. The third-order valence-corrected chi connectivity index (χ3v) is 4.78. The van der Waals surface area contributed by atoms with Crippen molar-refractivity contribution in [2.75, 3.05) is 19.0 Å². The van der Waals surface area contributed by atoms with Crippen LogP contribution in [0.5, 0.6) is 5.88 Å². The highest BCUT2D eigenvalue weighted by Crippen LogP contribution is 2.33. The number of fused-ring (bicyclic) bond motifs is 1. The highest BCUT2D eigenvalue weighted by atomic mass is 16.5. The number of ether oxygens (including phenoxy) is 1. The molecule has 134 valence electrons. The van der Waals surface area contributed by atoms with Gasteiger partial charge < -0.3 is 19.9 Å². The van der Waals surface area contributed by atoms with E-state index in [2.05, 4.69) is 38.5 Å².